The fourth-order valence-electron chi connectivity index (χ4n) is 1.53. The third-order valence-corrected chi connectivity index (χ3v) is 2.57. The molecule has 0 radical (unpaired) electrons. The van der Waals surface area contributed by atoms with E-state index >= 15 is 0 Å². The van der Waals surface area contributed by atoms with Crippen molar-refractivity contribution in [1.82, 2.24) is 0 Å². The van der Waals surface area contributed by atoms with Crippen LogP contribution in [0.5, 0.6) is 5.75 Å². The van der Waals surface area contributed by atoms with Crippen molar-refractivity contribution in [1.29, 1.82) is 0 Å². The zero-order chi connectivity index (χ0) is 11.5. The number of benzene rings is 2. The lowest BCUT2D eigenvalue weighted by molar-refractivity contribution is 0.112. The van der Waals surface area contributed by atoms with Crippen molar-refractivity contribution in [3.63, 3.8) is 0 Å². The lowest BCUT2D eigenvalue weighted by Crippen LogP contribution is -1.86. The Bertz CT molecular complexity index is 518. The number of hydrogen-bond acceptors (Lipinski definition) is 2. The minimum atomic E-state index is 0.135. The monoisotopic (exact) mass is 232 g/mol. The molecule has 16 heavy (non-hydrogen) atoms. The first kappa shape index (κ1) is 10.7. The van der Waals surface area contributed by atoms with Gasteiger partial charge in [0.2, 0.25) is 0 Å². The Morgan fingerprint density at radius 1 is 1.06 bits per heavy atom. The van der Waals surface area contributed by atoms with Gasteiger partial charge in [0.15, 0.2) is 6.29 Å². The van der Waals surface area contributed by atoms with Gasteiger partial charge >= 0.3 is 0 Å². The molecular weight excluding hydrogens is 224 g/mol. The summed E-state index contributed by atoms with van der Waals surface area (Å²) in [5.74, 6) is 0.135. The first-order valence-electron chi connectivity index (χ1n) is 4.75. The van der Waals surface area contributed by atoms with E-state index in [9.17, 15) is 9.90 Å². The molecule has 0 aliphatic carbocycles. The van der Waals surface area contributed by atoms with Gasteiger partial charge in [0.25, 0.3) is 0 Å². The van der Waals surface area contributed by atoms with Crippen molar-refractivity contribution in [2.45, 2.75) is 0 Å². The molecule has 0 amide bonds. The minimum Gasteiger partial charge on any atom is -0.508 e. The van der Waals surface area contributed by atoms with E-state index in [-0.39, 0.29) is 5.75 Å². The van der Waals surface area contributed by atoms with Crippen LogP contribution in [0.4, 0.5) is 0 Å². The van der Waals surface area contributed by atoms with Gasteiger partial charge in [-0.1, -0.05) is 23.7 Å². The van der Waals surface area contributed by atoms with E-state index in [1.807, 2.05) is 12.1 Å². The Balaban J connectivity index is 2.57. The molecule has 1 N–H and O–H groups in total. The Morgan fingerprint density at radius 2 is 1.75 bits per heavy atom. The predicted octanol–water partition coefficient (Wildman–Crippen LogP) is 3.53. The second-order valence-electron chi connectivity index (χ2n) is 3.40. The van der Waals surface area contributed by atoms with Gasteiger partial charge < -0.3 is 5.11 Å². The number of phenols is 1. The molecule has 0 aliphatic heterocycles. The molecule has 0 heterocycles. The maximum atomic E-state index is 10.9. The molecule has 0 unspecified atom stereocenters. The molecule has 0 spiro atoms. The third kappa shape index (κ3) is 2.07. The topological polar surface area (TPSA) is 37.3 Å². The lowest BCUT2D eigenvalue weighted by atomic mass is 10.0. The van der Waals surface area contributed by atoms with Crippen LogP contribution in [0.1, 0.15) is 10.4 Å². The molecular formula is C13H9ClO2. The van der Waals surface area contributed by atoms with Crippen LogP contribution >= 0.6 is 11.6 Å². The fourth-order valence-corrected chi connectivity index (χ4v) is 1.65. The number of rotatable bonds is 2. The van der Waals surface area contributed by atoms with Crippen molar-refractivity contribution in [2.24, 2.45) is 0 Å². The van der Waals surface area contributed by atoms with Crippen LogP contribution < -0.4 is 0 Å². The van der Waals surface area contributed by atoms with Crippen molar-refractivity contribution in [3.05, 3.63) is 53.1 Å². The molecule has 0 aliphatic rings. The zero-order valence-corrected chi connectivity index (χ0v) is 9.11. The van der Waals surface area contributed by atoms with E-state index < -0.39 is 0 Å². The highest BCUT2D eigenvalue weighted by Crippen LogP contribution is 2.27. The van der Waals surface area contributed by atoms with Gasteiger partial charge in [-0.25, -0.2) is 0 Å². The van der Waals surface area contributed by atoms with Crippen LogP contribution in [0.2, 0.25) is 5.02 Å². The first-order chi connectivity index (χ1) is 7.70. The minimum absolute atomic E-state index is 0.135. The van der Waals surface area contributed by atoms with Crippen molar-refractivity contribution in [2.75, 3.05) is 0 Å². The Morgan fingerprint density at radius 3 is 2.38 bits per heavy atom. The van der Waals surface area contributed by atoms with E-state index in [0.29, 0.717) is 16.1 Å². The van der Waals surface area contributed by atoms with Gasteiger partial charge in [-0.05, 0) is 41.5 Å². The molecule has 2 rings (SSSR count). The Labute approximate surface area is 98.1 Å². The largest absolute Gasteiger partial charge is 0.508 e. The maximum absolute atomic E-state index is 10.9. The molecule has 2 aromatic rings. The second kappa shape index (κ2) is 4.37. The van der Waals surface area contributed by atoms with Gasteiger partial charge in [-0.3, -0.25) is 4.79 Å². The number of halogens is 1. The number of aromatic hydroxyl groups is 1. The average molecular weight is 233 g/mol. The summed E-state index contributed by atoms with van der Waals surface area (Å²) in [5.41, 5.74) is 2.09. The van der Waals surface area contributed by atoms with E-state index in [4.69, 9.17) is 11.6 Å². The Hall–Kier alpha value is -1.80. The number of aldehydes is 1. The molecule has 3 heteroatoms. The fraction of sp³-hybridized carbons (Fsp3) is 0. The highest BCUT2D eigenvalue weighted by atomic mass is 35.5. The normalized spacial score (nSPS) is 10.1. The van der Waals surface area contributed by atoms with E-state index in [2.05, 4.69) is 0 Å². The molecule has 0 saturated heterocycles. The van der Waals surface area contributed by atoms with Crippen molar-refractivity contribution < 1.29 is 9.90 Å². The highest BCUT2D eigenvalue weighted by Gasteiger charge is 2.05. The van der Waals surface area contributed by atoms with Gasteiger partial charge in [-0.15, -0.1) is 0 Å². The second-order valence-corrected chi connectivity index (χ2v) is 3.83. The molecule has 2 aromatic carbocycles. The van der Waals surface area contributed by atoms with E-state index in [1.165, 1.54) is 6.07 Å². The Kier molecular flexibility index (Phi) is 2.93. The SMILES string of the molecule is O=Cc1ccc(O)cc1-c1ccc(Cl)cc1. The van der Waals surface area contributed by atoms with Crippen molar-refractivity contribution in [3.8, 4) is 16.9 Å². The van der Waals surface area contributed by atoms with Gasteiger partial charge in [0, 0.05) is 10.6 Å². The molecule has 2 nitrogen and oxygen atoms in total. The average Bonchev–Trinajstić information content (AvgIpc) is 2.30. The van der Waals surface area contributed by atoms with Crippen molar-refractivity contribution >= 4 is 17.9 Å². The number of carbonyl (C=O) groups excluding carboxylic acids is 1. The van der Waals surface area contributed by atoms with Gasteiger partial charge in [0.05, 0.1) is 0 Å². The lowest BCUT2D eigenvalue weighted by Gasteiger charge is -2.05. The highest BCUT2D eigenvalue weighted by molar-refractivity contribution is 6.30. The summed E-state index contributed by atoms with van der Waals surface area (Å²) in [6.07, 6.45) is 0.767. The van der Waals surface area contributed by atoms with Crippen LogP contribution in [0.15, 0.2) is 42.5 Å². The summed E-state index contributed by atoms with van der Waals surface area (Å²) in [5, 5.41) is 10.0. The molecule has 0 aromatic heterocycles. The standard InChI is InChI=1S/C13H9ClO2/c14-11-4-1-9(2-5-11)13-7-12(16)6-3-10(13)8-15/h1-8,16H. The third-order valence-electron chi connectivity index (χ3n) is 2.32. The molecule has 0 fully saturated rings. The summed E-state index contributed by atoms with van der Waals surface area (Å²) < 4.78 is 0. The molecule has 0 saturated carbocycles. The summed E-state index contributed by atoms with van der Waals surface area (Å²) in [6.45, 7) is 0. The number of carbonyl (C=O) groups is 1. The molecule has 80 valence electrons. The predicted molar refractivity (Wildman–Crippen MR) is 63.9 cm³/mol. The van der Waals surface area contributed by atoms with Crippen LogP contribution in [-0.4, -0.2) is 11.4 Å². The smallest absolute Gasteiger partial charge is 0.150 e. The van der Waals surface area contributed by atoms with Crippen LogP contribution in [0, 0.1) is 0 Å². The summed E-state index contributed by atoms with van der Waals surface area (Å²) in [7, 11) is 0. The summed E-state index contributed by atoms with van der Waals surface area (Å²) in [4.78, 5) is 10.9. The maximum Gasteiger partial charge on any atom is 0.150 e. The number of phenolic OH excluding ortho intramolecular Hbond substituents is 1. The molecule has 0 atom stereocenters. The number of hydrogen-bond donors (Lipinski definition) is 1. The summed E-state index contributed by atoms with van der Waals surface area (Å²) in [6, 6.07) is 11.8. The van der Waals surface area contributed by atoms with E-state index in [1.54, 1.807) is 24.3 Å². The van der Waals surface area contributed by atoms with Crippen LogP contribution in [0.25, 0.3) is 11.1 Å². The first-order valence-corrected chi connectivity index (χ1v) is 5.12. The molecule has 0 bridgehead atoms. The van der Waals surface area contributed by atoms with Crippen LogP contribution in [-0.2, 0) is 0 Å². The van der Waals surface area contributed by atoms with Gasteiger partial charge in [0.1, 0.15) is 5.75 Å². The van der Waals surface area contributed by atoms with Gasteiger partial charge in [-0.2, -0.15) is 0 Å². The summed E-state index contributed by atoms with van der Waals surface area (Å²) >= 11 is 5.79. The quantitative estimate of drug-likeness (QED) is 0.805. The van der Waals surface area contributed by atoms with Crippen LogP contribution in [0.3, 0.4) is 0 Å². The van der Waals surface area contributed by atoms with E-state index in [0.717, 1.165) is 11.8 Å². The zero-order valence-electron chi connectivity index (χ0n) is 8.35.